The third-order valence-electron chi connectivity index (χ3n) is 6.92. The molecule has 9 heteroatoms. The van der Waals surface area contributed by atoms with Crippen molar-refractivity contribution in [3.8, 4) is 23.0 Å². The number of ether oxygens (including phenoxy) is 4. The van der Waals surface area contributed by atoms with Gasteiger partial charge >= 0.3 is 14.0 Å². The maximum absolute atomic E-state index is 9.53. The average Bonchev–Trinajstić information content (AvgIpc) is 3.06. The molecule has 0 spiro atoms. The Labute approximate surface area is 261 Å². The molecule has 7 nitrogen and oxygen atoms in total. The number of rotatable bonds is 11. The predicted molar refractivity (Wildman–Crippen MR) is 183 cm³/mol. The topological polar surface area (TPSA) is 97.6 Å². The Kier molecular flexibility index (Phi) is 13.2. The van der Waals surface area contributed by atoms with Gasteiger partial charge in [-0.15, -0.1) is 0 Å². The van der Waals surface area contributed by atoms with Crippen molar-refractivity contribution >= 4 is 49.3 Å². The molecule has 4 aromatic carbocycles. The first-order chi connectivity index (χ1) is 21.2. The van der Waals surface area contributed by atoms with E-state index in [2.05, 4.69) is 31.2 Å². The van der Waals surface area contributed by atoms with Gasteiger partial charge in [0, 0.05) is 0 Å². The van der Waals surface area contributed by atoms with Crippen LogP contribution in [0.3, 0.4) is 0 Å². The first-order valence-electron chi connectivity index (χ1n) is 14.3. The van der Waals surface area contributed by atoms with Crippen LogP contribution in [-0.2, 0) is 6.42 Å². The van der Waals surface area contributed by atoms with Gasteiger partial charge in [0.25, 0.3) is 0 Å². The van der Waals surface area contributed by atoms with E-state index < -0.39 is 14.0 Å². The highest BCUT2D eigenvalue weighted by Crippen LogP contribution is 2.38. The van der Waals surface area contributed by atoms with Crippen molar-refractivity contribution in [2.45, 2.75) is 20.2 Å². The Hall–Kier alpha value is -4.43. The molecule has 0 heterocycles. The molecule has 4 aromatic rings. The van der Waals surface area contributed by atoms with Crippen LogP contribution in [0, 0.1) is 0 Å². The normalized spacial score (nSPS) is 10.8. The lowest BCUT2D eigenvalue weighted by molar-refractivity contribution is 0.324. The first-order valence-corrected chi connectivity index (χ1v) is 14.3. The molecule has 0 saturated carbocycles. The van der Waals surface area contributed by atoms with Crippen LogP contribution in [0.25, 0.3) is 24.3 Å². The van der Waals surface area contributed by atoms with Crippen LogP contribution in [0.15, 0.2) is 78.9 Å². The molecular weight excluding hydrogens is 554 g/mol. The van der Waals surface area contributed by atoms with Crippen molar-refractivity contribution in [2.24, 2.45) is 0 Å². The minimum atomic E-state index is -1.50. The maximum atomic E-state index is 9.53. The third-order valence-corrected chi connectivity index (χ3v) is 6.92. The van der Waals surface area contributed by atoms with Crippen molar-refractivity contribution in [1.82, 2.24) is 0 Å². The number of hydrogen-bond donors (Lipinski definition) is 3. The summed E-state index contributed by atoms with van der Waals surface area (Å²) in [6.45, 7) is 3.42. The fourth-order valence-electron chi connectivity index (χ4n) is 4.34. The van der Waals surface area contributed by atoms with E-state index in [9.17, 15) is 15.1 Å². The van der Waals surface area contributed by atoms with E-state index in [1.165, 1.54) is 5.56 Å². The number of aryl methyl sites for hydroxylation is 1. The van der Waals surface area contributed by atoms with E-state index >= 15 is 0 Å². The van der Waals surface area contributed by atoms with Crippen molar-refractivity contribution in [1.29, 1.82) is 0 Å². The molecule has 0 amide bonds. The summed E-state index contributed by atoms with van der Waals surface area (Å²) in [4.78, 5) is 0. The number of benzene rings is 4. The molecular formula is C35H40B2O7. The summed E-state index contributed by atoms with van der Waals surface area (Å²) in [6.07, 6.45) is 8.91. The Balaban J connectivity index is 0.000000241. The van der Waals surface area contributed by atoms with Gasteiger partial charge in [0.2, 0.25) is 5.75 Å². The van der Waals surface area contributed by atoms with Gasteiger partial charge in [-0.2, -0.15) is 0 Å². The van der Waals surface area contributed by atoms with Crippen LogP contribution in [-0.4, -0.2) is 57.5 Å². The molecule has 0 aliphatic heterocycles. The molecule has 0 aliphatic carbocycles. The molecule has 0 aliphatic rings. The number of hydrogen-bond acceptors (Lipinski definition) is 7. The zero-order valence-electron chi connectivity index (χ0n) is 26.2. The molecule has 0 saturated heterocycles. The Morgan fingerprint density at radius 3 is 1.50 bits per heavy atom. The zero-order chi connectivity index (χ0) is 32.1. The second kappa shape index (κ2) is 17.0. The minimum Gasteiger partial charge on any atom is -0.497 e. The summed E-state index contributed by atoms with van der Waals surface area (Å²) in [5.41, 5.74) is 6.56. The molecule has 0 bridgehead atoms. The van der Waals surface area contributed by atoms with Gasteiger partial charge < -0.3 is 34.0 Å². The largest absolute Gasteiger partial charge is 0.497 e. The lowest BCUT2D eigenvalue weighted by Gasteiger charge is -2.12. The predicted octanol–water partition coefficient (Wildman–Crippen LogP) is 4.81. The quantitative estimate of drug-likeness (QED) is 0.170. The van der Waals surface area contributed by atoms with E-state index in [4.69, 9.17) is 18.9 Å². The second-order valence-electron chi connectivity index (χ2n) is 9.98. The molecule has 4 rings (SSSR count). The van der Waals surface area contributed by atoms with Crippen molar-refractivity contribution in [2.75, 3.05) is 28.4 Å². The van der Waals surface area contributed by atoms with Crippen LogP contribution in [0.2, 0.25) is 6.82 Å². The van der Waals surface area contributed by atoms with E-state index in [0.717, 1.165) is 34.1 Å². The fourth-order valence-corrected chi connectivity index (χ4v) is 4.34. The van der Waals surface area contributed by atoms with E-state index in [0.29, 0.717) is 28.5 Å². The summed E-state index contributed by atoms with van der Waals surface area (Å²) in [7, 11) is 4.83. The molecule has 228 valence electrons. The van der Waals surface area contributed by atoms with Gasteiger partial charge in [0.05, 0.1) is 28.4 Å². The second-order valence-corrected chi connectivity index (χ2v) is 9.98. The summed E-state index contributed by atoms with van der Waals surface area (Å²) < 4.78 is 21.2. The maximum Gasteiger partial charge on any atom is 0.488 e. The molecule has 0 unspecified atom stereocenters. The molecule has 44 heavy (non-hydrogen) atoms. The van der Waals surface area contributed by atoms with Crippen molar-refractivity contribution in [3.63, 3.8) is 0 Å². The van der Waals surface area contributed by atoms with Gasteiger partial charge in [0.1, 0.15) is 5.75 Å². The highest BCUT2D eigenvalue weighted by molar-refractivity contribution is 6.64. The lowest BCUT2D eigenvalue weighted by atomic mass is 9.64. The molecule has 3 N–H and O–H groups in total. The Morgan fingerprint density at radius 2 is 1.07 bits per heavy atom. The number of methoxy groups -OCH3 is 4. The SMILES string of the molecule is CCc1ccc(/C=C/c2cc(OC)cc(B(O)O)c2)cc1.COc1cc(/C=C/c2ccc(B(C)O)cc2)cc(OC)c1OC. The van der Waals surface area contributed by atoms with Gasteiger partial charge in [-0.25, -0.2) is 0 Å². The van der Waals surface area contributed by atoms with E-state index in [-0.39, 0.29) is 0 Å². The Morgan fingerprint density at radius 1 is 0.568 bits per heavy atom. The van der Waals surface area contributed by atoms with Crippen LogP contribution in [0.5, 0.6) is 23.0 Å². The smallest absolute Gasteiger partial charge is 0.488 e. The van der Waals surface area contributed by atoms with Crippen molar-refractivity contribution < 1.29 is 34.0 Å². The molecule has 0 atom stereocenters. The minimum absolute atomic E-state index is 0.412. The zero-order valence-corrected chi connectivity index (χ0v) is 26.2. The van der Waals surface area contributed by atoms with Gasteiger partial charge in [-0.3, -0.25) is 0 Å². The molecule has 0 fully saturated rings. The summed E-state index contributed by atoms with van der Waals surface area (Å²) in [6, 6.07) is 25.1. The summed E-state index contributed by atoms with van der Waals surface area (Å²) in [5, 5.41) is 28.1. The Bertz CT molecular complexity index is 1510. The monoisotopic (exact) mass is 594 g/mol. The highest BCUT2D eigenvalue weighted by atomic mass is 16.5. The lowest BCUT2D eigenvalue weighted by Crippen LogP contribution is -2.29. The standard InChI is InChI=1S/C18H21BO4.C17H19BO3/c1-19(20)15-9-7-13(8-10-15)5-6-14-11-16(21-2)18(23-4)17(12-14)22-3;1-3-13-4-6-14(7-5-13)8-9-15-10-16(18(19)20)12-17(11-15)21-2/h5-12,20H,1-4H3;4-12,19-20H,3H2,1-2H3/b6-5+;9-8+. The van der Waals surface area contributed by atoms with Crippen molar-refractivity contribution in [3.05, 3.63) is 107 Å². The summed E-state index contributed by atoms with van der Waals surface area (Å²) >= 11 is 0. The van der Waals surface area contributed by atoms with Crippen LogP contribution < -0.4 is 29.9 Å². The van der Waals surface area contributed by atoms with Gasteiger partial charge in [-0.1, -0.05) is 92.6 Å². The molecule has 0 aromatic heterocycles. The molecule has 0 radical (unpaired) electrons. The van der Waals surface area contributed by atoms with E-state index in [1.54, 1.807) is 47.4 Å². The third kappa shape index (κ3) is 9.81. The van der Waals surface area contributed by atoms with Crippen LogP contribution in [0.1, 0.15) is 34.7 Å². The average molecular weight is 594 g/mol. The highest BCUT2D eigenvalue weighted by Gasteiger charge is 2.13. The summed E-state index contributed by atoms with van der Waals surface area (Å²) in [5.74, 6) is 2.42. The fraction of sp³-hybridized carbons (Fsp3) is 0.200. The van der Waals surface area contributed by atoms with Crippen LogP contribution in [0.4, 0.5) is 0 Å². The van der Waals surface area contributed by atoms with Gasteiger partial charge in [0.15, 0.2) is 11.5 Å². The van der Waals surface area contributed by atoms with Crippen LogP contribution >= 0.6 is 0 Å². The first kappa shape index (κ1) is 34.1. The van der Waals surface area contributed by atoms with Gasteiger partial charge in [-0.05, 0) is 69.4 Å². The van der Waals surface area contributed by atoms with E-state index in [1.807, 2.05) is 66.8 Å².